The van der Waals surface area contributed by atoms with Crippen LogP contribution in [0.3, 0.4) is 0 Å². The zero-order chi connectivity index (χ0) is 19.8. The van der Waals surface area contributed by atoms with Gasteiger partial charge in [-0.05, 0) is 62.2 Å². The summed E-state index contributed by atoms with van der Waals surface area (Å²) in [5, 5.41) is 7.07. The lowest BCUT2D eigenvalue weighted by Gasteiger charge is -2.07. The molecule has 4 aromatic rings. The van der Waals surface area contributed by atoms with E-state index < -0.39 is 0 Å². The number of carbonyl (C=O) groups excluding carboxylic acids is 1. The first-order chi connectivity index (χ1) is 14.1. The summed E-state index contributed by atoms with van der Waals surface area (Å²) in [4.78, 5) is 21.6. The minimum absolute atomic E-state index is 0.156. The Hall–Kier alpha value is -2.77. The minimum atomic E-state index is -0.156. The first-order valence-electron chi connectivity index (χ1n) is 9.50. The number of thiazole rings is 2. The second-order valence-electron chi connectivity index (χ2n) is 7.12. The molecule has 2 aromatic carbocycles. The van der Waals surface area contributed by atoms with Crippen molar-refractivity contribution in [3.63, 3.8) is 0 Å². The van der Waals surface area contributed by atoms with E-state index in [9.17, 15) is 4.79 Å². The number of aromatic nitrogens is 2. The van der Waals surface area contributed by atoms with E-state index in [2.05, 4.69) is 20.7 Å². The van der Waals surface area contributed by atoms with Gasteiger partial charge in [0.1, 0.15) is 17.4 Å². The minimum Gasteiger partial charge on any atom is -0.486 e. The predicted octanol–water partition coefficient (Wildman–Crippen LogP) is 5.77. The largest absolute Gasteiger partial charge is 0.486 e. The van der Waals surface area contributed by atoms with E-state index in [-0.39, 0.29) is 5.91 Å². The molecule has 2 aromatic heterocycles. The van der Waals surface area contributed by atoms with Gasteiger partial charge in [0.2, 0.25) is 0 Å². The first kappa shape index (κ1) is 18.3. The summed E-state index contributed by atoms with van der Waals surface area (Å²) in [7, 11) is 0. The number of fused-ring (bicyclic) bond motifs is 1. The van der Waals surface area contributed by atoms with Gasteiger partial charge in [0.15, 0.2) is 0 Å². The molecule has 0 saturated heterocycles. The van der Waals surface area contributed by atoms with Gasteiger partial charge in [0.05, 0.1) is 20.9 Å². The van der Waals surface area contributed by atoms with Crippen LogP contribution in [0.1, 0.15) is 44.8 Å². The summed E-state index contributed by atoms with van der Waals surface area (Å²) in [6.07, 6.45) is 2.51. The molecule has 5 nitrogen and oxygen atoms in total. The van der Waals surface area contributed by atoms with Crippen LogP contribution in [0, 0.1) is 6.92 Å². The quantitative estimate of drug-likeness (QED) is 0.429. The number of benzene rings is 2. The third-order valence-electron chi connectivity index (χ3n) is 4.80. The number of carbonyl (C=O) groups is 1. The lowest BCUT2D eigenvalue weighted by Crippen LogP contribution is -2.11. The molecule has 1 fully saturated rings. The van der Waals surface area contributed by atoms with Gasteiger partial charge in [0, 0.05) is 22.5 Å². The van der Waals surface area contributed by atoms with E-state index in [4.69, 9.17) is 4.74 Å². The molecule has 0 unspecified atom stereocenters. The van der Waals surface area contributed by atoms with Crippen LogP contribution >= 0.6 is 22.7 Å². The van der Waals surface area contributed by atoms with Crippen molar-refractivity contribution in [3.8, 4) is 5.75 Å². The SMILES string of the molecule is Cc1nc2cc(NC(=O)c3ccc(OCc4nc(C5CC5)cs4)cc3)ccc2s1. The summed E-state index contributed by atoms with van der Waals surface area (Å²) in [6, 6.07) is 13.0. The fourth-order valence-electron chi connectivity index (χ4n) is 3.13. The number of rotatable bonds is 6. The highest BCUT2D eigenvalue weighted by Crippen LogP contribution is 2.40. The number of hydrogen-bond acceptors (Lipinski definition) is 6. The number of nitrogens with one attached hydrogen (secondary N) is 1. The molecule has 1 aliphatic carbocycles. The van der Waals surface area contributed by atoms with Crippen molar-refractivity contribution >= 4 is 44.5 Å². The second-order valence-corrected chi connectivity index (χ2v) is 9.30. The summed E-state index contributed by atoms with van der Waals surface area (Å²) >= 11 is 3.29. The summed E-state index contributed by atoms with van der Waals surface area (Å²) in [5.41, 5.74) is 3.42. The Bertz CT molecular complexity index is 1180. The lowest BCUT2D eigenvalue weighted by molar-refractivity contribution is 0.102. The van der Waals surface area contributed by atoms with E-state index in [1.165, 1.54) is 18.5 Å². The zero-order valence-electron chi connectivity index (χ0n) is 15.8. The van der Waals surface area contributed by atoms with Crippen molar-refractivity contribution in [1.29, 1.82) is 0 Å². The Labute approximate surface area is 176 Å². The fourth-order valence-corrected chi connectivity index (χ4v) is 4.72. The van der Waals surface area contributed by atoms with Crippen LogP contribution in [-0.4, -0.2) is 15.9 Å². The van der Waals surface area contributed by atoms with Crippen molar-refractivity contribution < 1.29 is 9.53 Å². The number of anilines is 1. The Morgan fingerprint density at radius 3 is 2.79 bits per heavy atom. The molecule has 1 N–H and O–H groups in total. The Balaban J connectivity index is 1.20. The van der Waals surface area contributed by atoms with Crippen LogP contribution in [0.25, 0.3) is 10.2 Å². The molecule has 2 heterocycles. The van der Waals surface area contributed by atoms with E-state index >= 15 is 0 Å². The third kappa shape index (κ3) is 4.16. The van der Waals surface area contributed by atoms with E-state index in [1.807, 2.05) is 37.3 Å². The van der Waals surface area contributed by atoms with Crippen LogP contribution in [0.4, 0.5) is 5.69 Å². The summed E-state index contributed by atoms with van der Waals surface area (Å²) in [5.74, 6) is 1.24. The normalized spacial score (nSPS) is 13.6. The van der Waals surface area contributed by atoms with Gasteiger partial charge in [-0.15, -0.1) is 22.7 Å². The van der Waals surface area contributed by atoms with Gasteiger partial charge < -0.3 is 10.1 Å². The highest BCUT2D eigenvalue weighted by Gasteiger charge is 2.26. The number of aryl methyl sites for hydroxylation is 1. The highest BCUT2D eigenvalue weighted by molar-refractivity contribution is 7.18. The Morgan fingerprint density at radius 1 is 1.17 bits per heavy atom. The maximum atomic E-state index is 12.5. The van der Waals surface area contributed by atoms with Crippen molar-refractivity contribution in [2.75, 3.05) is 5.32 Å². The number of amides is 1. The molecule has 1 aliphatic rings. The highest BCUT2D eigenvalue weighted by atomic mass is 32.1. The van der Waals surface area contributed by atoms with Crippen LogP contribution < -0.4 is 10.1 Å². The molecular weight excluding hydrogens is 402 g/mol. The van der Waals surface area contributed by atoms with Gasteiger partial charge in [-0.3, -0.25) is 4.79 Å². The lowest BCUT2D eigenvalue weighted by atomic mass is 10.2. The van der Waals surface area contributed by atoms with Crippen molar-refractivity contribution in [2.45, 2.75) is 32.3 Å². The fraction of sp³-hybridized carbons (Fsp3) is 0.227. The number of hydrogen-bond donors (Lipinski definition) is 1. The molecule has 0 atom stereocenters. The summed E-state index contributed by atoms with van der Waals surface area (Å²) in [6.45, 7) is 2.43. The number of ether oxygens (including phenoxy) is 1. The van der Waals surface area contributed by atoms with Gasteiger partial charge in [-0.1, -0.05) is 0 Å². The van der Waals surface area contributed by atoms with E-state index in [0.717, 1.165) is 31.7 Å². The van der Waals surface area contributed by atoms with Crippen LogP contribution in [0.5, 0.6) is 5.75 Å². The third-order valence-corrected chi connectivity index (χ3v) is 6.59. The smallest absolute Gasteiger partial charge is 0.255 e. The van der Waals surface area contributed by atoms with Gasteiger partial charge in [-0.25, -0.2) is 9.97 Å². The molecule has 0 aliphatic heterocycles. The first-order valence-corrected chi connectivity index (χ1v) is 11.2. The zero-order valence-corrected chi connectivity index (χ0v) is 17.5. The molecule has 1 saturated carbocycles. The van der Waals surface area contributed by atoms with Crippen LogP contribution in [-0.2, 0) is 6.61 Å². The summed E-state index contributed by atoms with van der Waals surface area (Å²) < 4.78 is 6.94. The van der Waals surface area contributed by atoms with Crippen LogP contribution in [0.15, 0.2) is 47.8 Å². The number of nitrogens with zero attached hydrogens (tertiary/aromatic N) is 2. The van der Waals surface area contributed by atoms with E-state index in [1.54, 1.807) is 34.8 Å². The molecule has 7 heteroatoms. The molecule has 0 radical (unpaired) electrons. The molecular formula is C22H19N3O2S2. The average Bonchev–Trinajstić information content (AvgIpc) is 3.34. The maximum absolute atomic E-state index is 12.5. The topological polar surface area (TPSA) is 64.1 Å². The predicted molar refractivity (Wildman–Crippen MR) is 117 cm³/mol. The maximum Gasteiger partial charge on any atom is 0.255 e. The van der Waals surface area contributed by atoms with Gasteiger partial charge in [0.25, 0.3) is 5.91 Å². The Morgan fingerprint density at radius 2 is 2.00 bits per heavy atom. The van der Waals surface area contributed by atoms with Crippen molar-refractivity contribution in [1.82, 2.24) is 9.97 Å². The second kappa shape index (κ2) is 7.57. The average molecular weight is 422 g/mol. The van der Waals surface area contributed by atoms with Crippen molar-refractivity contribution in [3.05, 3.63) is 69.1 Å². The molecule has 5 rings (SSSR count). The Kier molecular flexibility index (Phi) is 4.77. The van der Waals surface area contributed by atoms with Gasteiger partial charge in [-0.2, -0.15) is 0 Å². The molecule has 0 spiro atoms. The van der Waals surface area contributed by atoms with Crippen LogP contribution in [0.2, 0.25) is 0 Å². The van der Waals surface area contributed by atoms with E-state index in [0.29, 0.717) is 18.1 Å². The van der Waals surface area contributed by atoms with Gasteiger partial charge >= 0.3 is 0 Å². The monoisotopic (exact) mass is 421 g/mol. The molecule has 0 bridgehead atoms. The standard InChI is InChI=1S/C22H19N3O2S2/c1-13-23-18-10-16(6-9-20(18)29-13)24-22(26)15-4-7-17(8-5-15)27-11-21-25-19(12-28-21)14-2-3-14/h4-10,12,14H,2-3,11H2,1H3,(H,24,26). The molecule has 29 heavy (non-hydrogen) atoms. The van der Waals surface area contributed by atoms with Crippen molar-refractivity contribution in [2.24, 2.45) is 0 Å². The molecule has 146 valence electrons. The molecule has 1 amide bonds.